The Morgan fingerprint density at radius 1 is 1.19 bits per heavy atom. The lowest BCUT2D eigenvalue weighted by atomic mass is 9.91. The Hall–Kier alpha value is -3.35. The summed E-state index contributed by atoms with van der Waals surface area (Å²) >= 11 is 0. The number of rotatable bonds is 5. The SMILES string of the molecule is COc1cccc(NC(=O)CN2C(=O)N[C@](C)(c3ccc(C)cc3)C2=O)c1. The molecule has 1 fully saturated rings. The number of nitrogens with one attached hydrogen (secondary N) is 2. The van der Waals surface area contributed by atoms with Crippen LogP contribution < -0.4 is 15.4 Å². The van der Waals surface area contributed by atoms with Crippen LogP contribution >= 0.6 is 0 Å². The lowest BCUT2D eigenvalue weighted by molar-refractivity contribution is -0.133. The minimum Gasteiger partial charge on any atom is -0.497 e. The molecule has 0 saturated carbocycles. The molecule has 27 heavy (non-hydrogen) atoms. The third kappa shape index (κ3) is 3.62. The summed E-state index contributed by atoms with van der Waals surface area (Å²) in [7, 11) is 1.53. The van der Waals surface area contributed by atoms with E-state index in [1.54, 1.807) is 43.3 Å². The number of anilines is 1. The van der Waals surface area contributed by atoms with E-state index in [1.165, 1.54) is 7.11 Å². The van der Waals surface area contributed by atoms with Crippen molar-refractivity contribution in [3.8, 4) is 5.75 Å². The van der Waals surface area contributed by atoms with Gasteiger partial charge in [-0.05, 0) is 31.5 Å². The number of nitrogens with zero attached hydrogens (tertiary/aromatic N) is 1. The van der Waals surface area contributed by atoms with Crippen molar-refractivity contribution < 1.29 is 19.1 Å². The first-order chi connectivity index (χ1) is 12.8. The lowest BCUT2D eigenvalue weighted by Gasteiger charge is -2.22. The molecule has 0 unspecified atom stereocenters. The van der Waals surface area contributed by atoms with E-state index in [4.69, 9.17) is 4.74 Å². The van der Waals surface area contributed by atoms with Gasteiger partial charge in [0.25, 0.3) is 5.91 Å². The van der Waals surface area contributed by atoms with Crippen molar-refractivity contribution in [1.29, 1.82) is 0 Å². The minimum atomic E-state index is -1.19. The monoisotopic (exact) mass is 367 g/mol. The van der Waals surface area contributed by atoms with E-state index in [0.717, 1.165) is 10.5 Å². The average molecular weight is 367 g/mol. The van der Waals surface area contributed by atoms with Crippen LogP contribution in [0.5, 0.6) is 5.75 Å². The summed E-state index contributed by atoms with van der Waals surface area (Å²) in [6, 6.07) is 13.6. The summed E-state index contributed by atoms with van der Waals surface area (Å²) in [6.45, 7) is 3.21. The van der Waals surface area contributed by atoms with E-state index in [-0.39, 0.29) is 6.54 Å². The second-order valence-electron chi connectivity index (χ2n) is 6.59. The van der Waals surface area contributed by atoms with Crippen molar-refractivity contribution in [1.82, 2.24) is 10.2 Å². The van der Waals surface area contributed by atoms with Gasteiger partial charge in [-0.2, -0.15) is 0 Å². The van der Waals surface area contributed by atoms with Crippen molar-refractivity contribution in [2.45, 2.75) is 19.4 Å². The molecule has 2 aromatic carbocycles. The van der Waals surface area contributed by atoms with Crippen LogP contribution in [0.3, 0.4) is 0 Å². The maximum absolute atomic E-state index is 12.9. The van der Waals surface area contributed by atoms with Gasteiger partial charge in [0.05, 0.1) is 7.11 Å². The Labute approximate surface area is 157 Å². The topological polar surface area (TPSA) is 87.7 Å². The first-order valence-corrected chi connectivity index (χ1v) is 8.48. The predicted molar refractivity (Wildman–Crippen MR) is 100 cm³/mol. The standard InChI is InChI=1S/C20H21N3O4/c1-13-7-9-14(10-8-13)20(2)18(25)23(19(26)22-20)12-17(24)21-15-5-4-6-16(11-15)27-3/h4-11H,12H2,1-3H3,(H,21,24)(H,22,26)/t20-/m1/s1. The fourth-order valence-corrected chi connectivity index (χ4v) is 2.97. The van der Waals surface area contributed by atoms with Gasteiger partial charge >= 0.3 is 6.03 Å². The van der Waals surface area contributed by atoms with Crippen LogP contribution in [-0.2, 0) is 15.1 Å². The molecule has 2 aromatic rings. The molecule has 1 aliphatic rings. The van der Waals surface area contributed by atoms with Gasteiger partial charge in [-0.3, -0.25) is 14.5 Å². The highest BCUT2D eigenvalue weighted by molar-refractivity contribution is 6.10. The third-order valence-electron chi connectivity index (χ3n) is 4.56. The Morgan fingerprint density at radius 2 is 1.89 bits per heavy atom. The van der Waals surface area contributed by atoms with E-state index < -0.39 is 23.4 Å². The van der Waals surface area contributed by atoms with E-state index in [0.29, 0.717) is 17.0 Å². The Kier molecular flexibility index (Phi) is 4.85. The molecule has 7 nitrogen and oxygen atoms in total. The maximum Gasteiger partial charge on any atom is 0.325 e. The molecule has 0 bridgehead atoms. The van der Waals surface area contributed by atoms with E-state index in [1.807, 2.05) is 19.1 Å². The summed E-state index contributed by atoms with van der Waals surface area (Å²) in [5.74, 6) is -0.341. The number of hydrogen-bond donors (Lipinski definition) is 2. The summed E-state index contributed by atoms with van der Waals surface area (Å²) in [6.07, 6.45) is 0. The molecular weight excluding hydrogens is 346 g/mol. The van der Waals surface area contributed by atoms with E-state index in [2.05, 4.69) is 10.6 Å². The van der Waals surface area contributed by atoms with Crippen LogP contribution in [0.25, 0.3) is 0 Å². The fraction of sp³-hybridized carbons (Fsp3) is 0.250. The number of urea groups is 1. The van der Waals surface area contributed by atoms with Gasteiger partial charge in [0.1, 0.15) is 17.8 Å². The van der Waals surface area contributed by atoms with Gasteiger partial charge in [0, 0.05) is 11.8 Å². The van der Waals surface area contributed by atoms with Crippen molar-refractivity contribution in [3.05, 3.63) is 59.7 Å². The zero-order valence-corrected chi connectivity index (χ0v) is 15.4. The molecule has 7 heteroatoms. The van der Waals surface area contributed by atoms with Crippen LogP contribution in [0.2, 0.25) is 0 Å². The number of imide groups is 1. The number of ether oxygens (including phenoxy) is 1. The predicted octanol–water partition coefficient (Wildman–Crippen LogP) is 2.41. The summed E-state index contributed by atoms with van der Waals surface area (Å²) in [5.41, 5.74) is 1.05. The molecule has 1 heterocycles. The number of methoxy groups -OCH3 is 1. The second-order valence-corrected chi connectivity index (χ2v) is 6.59. The van der Waals surface area contributed by atoms with Crippen LogP contribution in [0.1, 0.15) is 18.1 Å². The first kappa shape index (κ1) is 18.4. The van der Waals surface area contributed by atoms with Gasteiger partial charge in [-0.1, -0.05) is 35.9 Å². The zero-order chi connectivity index (χ0) is 19.6. The van der Waals surface area contributed by atoms with E-state index in [9.17, 15) is 14.4 Å². The van der Waals surface area contributed by atoms with Gasteiger partial charge in [-0.25, -0.2) is 4.79 Å². The number of hydrogen-bond acceptors (Lipinski definition) is 4. The number of carbonyl (C=O) groups excluding carboxylic acids is 3. The lowest BCUT2D eigenvalue weighted by Crippen LogP contribution is -2.42. The zero-order valence-electron chi connectivity index (χ0n) is 15.4. The van der Waals surface area contributed by atoms with Crippen molar-refractivity contribution in [2.75, 3.05) is 19.0 Å². The molecule has 4 amide bonds. The molecule has 140 valence electrons. The third-order valence-corrected chi connectivity index (χ3v) is 4.56. The number of amides is 4. The molecule has 1 saturated heterocycles. The van der Waals surface area contributed by atoms with Crippen LogP contribution in [0.4, 0.5) is 10.5 Å². The highest BCUT2D eigenvalue weighted by Gasteiger charge is 2.49. The fourth-order valence-electron chi connectivity index (χ4n) is 2.97. The molecule has 0 spiro atoms. The largest absolute Gasteiger partial charge is 0.497 e. The molecule has 0 aliphatic carbocycles. The van der Waals surface area contributed by atoms with Crippen LogP contribution in [0.15, 0.2) is 48.5 Å². The van der Waals surface area contributed by atoms with Crippen molar-refractivity contribution in [2.24, 2.45) is 0 Å². The average Bonchev–Trinajstić information content (AvgIpc) is 2.86. The van der Waals surface area contributed by atoms with Crippen molar-refractivity contribution in [3.63, 3.8) is 0 Å². The smallest absolute Gasteiger partial charge is 0.325 e. The van der Waals surface area contributed by atoms with Crippen molar-refractivity contribution >= 4 is 23.5 Å². The number of carbonyl (C=O) groups is 3. The van der Waals surface area contributed by atoms with Gasteiger partial charge in [0.2, 0.25) is 5.91 Å². The Balaban J connectivity index is 1.73. The molecule has 1 atom stereocenters. The minimum absolute atomic E-state index is 0.372. The first-order valence-electron chi connectivity index (χ1n) is 8.48. The molecule has 0 aromatic heterocycles. The number of benzene rings is 2. The Morgan fingerprint density at radius 3 is 2.56 bits per heavy atom. The quantitative estimate of drug-likeness (QED) is 0.795. The maximum atomic E-state index is 12.9. The highest BCUT2D eigenvalue weighted by atomic mass is 16.5. The van der Waals surface area contributed by atoms with Crippen LogP contribution in [-0.4, -0.2) is 36.4 Å². The molecule has 1 aliphatic heterocycles. The summed E-state index contributed by atoms with van der Waals surface area (Å²) < 4.78 is 5.11. The van der Waals surface area contributed by atoms with Gasteiger partial charge in [-0.15, -0.1) is 0 Å². The molecule has 0 radical (unpaired) electrons. The van der Waals surface area contributed by atoms with Crippen LogP contribution in [0, 0.1) is 6.92 Å². The normalized spacial score (nSPS) is 19.0. The molecule has 3 rings (SSSR count). The summed E-state index contributed by atoms with van der Waals surface area (Å²) in [4.78, 5) is 38.4. The van der Waals surface area contributed by atoms with Gasteiger partial charge in [0.15, 0.2) is 0 Å². The number of aryl methyl sites for hydroxylation is 1. The Bertz CT molecular complexity index is 894. The van der Waals surface area contributed by atoms with Gasteiger partial charge < -0.3 is 15.4 Å². The molecule has 2 N–H and O–H groups in total. The van der Waals surface area contributed by atoms with E-state index >= 15 is 0 Å². The molecular formula is C20H21N3O4. The highest BCUT2D eigenvalue weighted by Crippen LogP contribution is 2.29. The summed E-state index contributed by atoms with van der Waals surface area (Å²) in [5, 5.41) is 5.36. The second kappa shape index (κ2) is 7.11.